The smallest absolute Gasteiger partial charge is 0.127 e. The first-order valence-corrected chi connectivity index (χ1v) is 6.27. The van der Waals surface area contributed by atoms with E-state index in [0.717, 1.165) is 30.5 Å². The largest absolute Gasteiger partial charge is 0.341 e. The molecule has 1 unspecified atom stereocenters. The molecule has 1 heterocycles. The molecule has 2 heteroatoms. The van der Waals surface area contributed by atoms with Gasteiger partial charge in [0.15, 0.2) is 0 Å². The molecule has 1 atom stereocenters. The molecule has 0 amide bonds. The molecule has 0 spiro atoms. The van der Waals surface area contributed by atoms with Gasteiger partial charge in [-0.15, -0.1) is 0 Å². The lowest BCUT2D eigenvalue weighted by Gasteiger charge is -2.33. The van der Waals surface area contributed by atoms with Crippen LogP contribution in [0.5, 0.6) is 0 Å². The minimum atomic E-state index is 0.0427. The SMILES string of the molecule is O=CC1CCN(c2ccccc2)c2ccccc21. The van der Waals surface area contributed by atoms with E-state index >= 15 is 0 Å². The van der Waals surface area contributed by atoms with Crippen LogP contribution in [-0.4, -0.2) is 12.8 Å². The van der Waals surface area contributed by atoms with Crippen LogP contribution in [0.1, 0.15) is 17.9 Å². The fourth-order valence-electron chi connectivity index (χ4n) is 2.61. The first-order chi connectivity index (χ1) is 8.90. The van der Waals surface area contributed by atoms with E-state index in [1.54, 1.807) is 0 Å². The number of nitrogens with zero attached hydrogens (tertiary/aromatic N) is 1. The average Bonchev–Trinajstić information content (AvgIpc) is 2.47. The highest BCUT2D eigenvalue weighted by atomic mass is 16.1. The zero-order valence-electron chi connectivity index (χ0n) is 10.1. The number of anilines is 2. The van der Waals surface area contributed by atoms with Crippen molar-refractivity contribution in [3.63, 3.8) is 0 Å². The van der Waals surface area contributed by atoms with Crippen molar-refractivity contribution in [1.29, 1.82) is 0 Å². The number of para-hydroxylation sites is 2. The molecule has 0 saturated heterocycles. The fourth-order valence-corrected chi connectivity index (χ4v) is 2.61. The second-order valence-electron chi connectivity index (χ2n) is 4.58. The number of hydrogen-bond acceptors (Lipinski definition) is 2. The molecule has 0 N–H and O–H groups in total. The summed E-state index contributed by atoms with van der Waals surface area (Å²) in [7, 11) is 0. The molecule has 18 heavy (non-hydrogen) atoms. The van der Waals surface area contributed by atoms with Crippen molar-refractivity contribution in [3.8, 4) is 0 Å². The van der Waals surface area contributed by atoms with Gasteiger partial charge < -0.3 is 9.69 Å². The normalized spacial score (nSPS) is 18.2. The molecule has 1 aliphatic rings. The van der Waals surface area contributed by atoms with E-state index in [0.29, 0.717) is 0 Å². The molecule has 3 rings (SSSR count). The molecule has 1 aliphatic heterocycles. The molecule has 2 aromatic rings. The maximum atomic E-state index is 11.1. The van der Waals surface area contributed by atoms with Crippen LogP contribution in [0.4, 0.5) is 11.4 Å². The molecule has 0 aromatic heterocycles. The van der Waals surface area contributed by atoms with Gasteiger partial charge in [0.25, 0.3) is 0 Å². The highest BCUT2D eigenvalue weighted by molar-refractivity contribution is 5.75. The Balaban J connectivity index is 2.07. The molecule has 0 aliphatic carbocycles. The van der Waals surface area contributed by atoms with Gasteiger partial charge in [-0.1, -0.05) is 36.4 Å². The van der Waals surface area contributed by atoms with Crippen molar-refractivity contribution in [2.24, 2.45) is 0 Å². The van der Waals surface area contributed by atoms with E-state index in [2.05, 4.69) is 29.2 Å². The van der Waals surface area contributed by atoms with Crippen molar-refractivity contribution < 1.29 is 4.79 Å². The average molecular weight is 237 g/mol. The third-order valence-corrected chi connectivity index (χ3v) is 3.52. The summed E-state index contributed by atoms with van der Waals surface area (Å²) in [5.74, 6) is 0.0427. The Morgan fingerprint density at radius 1 is 1.00 bits per heavy atom. The quantitative estimate of drug-likeness (QED) is 0.745. The van der Waals surface area contributed by atoms with E-state index in [9.17, 15) is 4.79 Å². The van der Waals surface area contributed by atoms with Crippen LogP contribution in [0.2, 0.25) is 0 Å². The van der Waals surface area contributed by atoms with Crippen LogP contribution in [0.25, 0.3) is 0 Å². The maximum Gasteiger partial charge on any atom is 0.127 e. The minimum absolute atomic E-state index is 0.0427. The number of aldehydes is 1. The monoisotopic (exact) mass is 237 g/mol. The van der Waals surface area contributed by atoms with E-state index in [-0.39, 0.29) is 5.92 Å². The van der Waals surface area contributed by atoms with Crippen LogP contribution in [-0.2, 0) is 4.79 Å². The van der Waals surface area contributed by atoms with Crippen LogP contribution in [0, 0.1) is 0 Å². The summed E-state index contributed by atoms with van der Waals surface area (Å²) in [6, 6.07) is 18.5. The standard InChI is InChI=1S/C16H15NO/c18-12-13-10-11-17(14-6-2-1-3-7-14)16-9-5-4-8-15(13)16/h1-9,12-13H,10-11H2. The van der Waals surface area contributed by atoms with Crippen molar-refractivity contribution in [3.05, 3.63) is 60.2 Å². The molecule has 0 radical (unpaired) electrons. The number of carbonyl (C=O) groups is 1. The van der Waals surface area contributed by atoms with Gasteiger partial charge in [-0.3, -0.25) is 0 Å². The Kier molecular flexibility index (Phi) is 2.85. The van der Waals surface area contributed by atoms with Crippen LogP contribution in [0.15, 0.2) is 54.6 Å². The van der Waals surface area contributed by atoms with Crippen LogP contribution < -0.4 is 4.90 Å². The van der Waals surface area contributed by atoms with E-state index < -0.39 is 0 Å². The lowest BCUT2D eigenvalue weighted by Crippen LogP contribution is -2.27. The lowest BCUT2D eigenvalue weighted by atomic mass is 9.91. The Hall–Kier alpha value is -2.09. The second kappa shape index (κ2) is 4.65. The van der Waals surface area contributed by atoms with E-state index in [1.807, 2.05) is 30.3 Å². The van der Waals surface area contributed by atoms with Crippen LogP contribution in [0.3, 0.4) is 0 Å². The summed E-state index contributed by atoms with van der Waals surface area (Å²) >= 11 is 0. The Labute approximate surface area is 107 Å². The Morgan fingerprint density at radius 3 is 2.50 bits per heavy atom. The Bertz CT molecular complexity index is 550. The van der Waals surface area contributed by atoms with Gasteiger partial charge in [-0.25, -0.2) is 0 Å². The molecule has 2 aromatic carbocycles. The molecule has 2 nitrogen and oxygen atoms in total. The van der Waals surface area contributed by atoms with Crippen molar-refractivity contribution in [2.45, 2.75) is 12.3 Å². The third-order valence-electron chi connectivity index (χ3n) is 3.52. The summed E-state index contributed by atoms with van der Waals surface area (Å²) in [5.41, 5.74) is 3.49. The summed E-state index contributed by atoms with van der Waals surface area (Å²) in [4.78, 5) is 13.4. The number of carbonyl (C=O) groups excluding carboxylic acids is 1. The van der Waals surface area contributed by atoms with Gasteiger partial charge in [-0.05, 0) is 30.2 Å². The maximum absolute atomic E-state index is 11.1. The summed E-state index contributed by atoms with van der Waals surface area (Å²) < 4.78 is 0. The molecular formula is C16H15NO. The topological polar surface area (TPSA) is 20.3 Å². The predicted molar refractivity (Wildman–Crippen MR) is 73.3 cm³/mol. The molecule has 0 fully saturated rings. The van der Waals surface area contributed by atoms with Crippen molar-refractivity contribution >= 4 is 17.7 Å². The highest BCUT2D eigenvalue weighted by Crippen LogP contribution is 2.38. The fraction of sp³-hybridized carbons (Fsp3) is 0.188. The van der Waals surface area contributed by atoms with E-state index in [4.69, 9.17) is 0 Å². The van der Waals surface area contributed by atoms with Crippen molar-refractivity contribution in [2.75, 3.05) is 11.4 Å². The predicted octanol–water partition coefficient (Wildman–Crippen LogP) is 3.51. The number of benzene rings is 2. The first kappa shape index (κ1) is 11.0. The number of rotatable bonds is 2. The molecule has 0 bridgehead atoms. The second-order valence-corrected chi connectivity index (χ2v) is 4.58. The zero-order valence-corrected chi connectivity index (χ0v) is 10.1. The van der Waals surface area contributed by atoms with Crippen LogP contribution >= 0.6 is 0 Å². The highest BCUT2D eigenvalue weighted by Gasteiger charge is 2.24. The van der Waals surface area contributed by atoms with Crippen molar-refractivity contribution in [1.82, 2.24) is 0 Å². The van der Waals surface area contributed by atoms with Gasteiger partial charge in [0.05, 0.1) is 0 Å². The third kappa shape index (κ3) is 1.80. The number of fused-ring (bicyclic) bond motifs is 1. The first-order valence-electron chi connectivity index (χ1n) is 6.27. The van der Waals surface area contributed by atoms with Gasteiger partial charge in [0.2, 0.25) is 0 Å². The molecule has 90 valence electrons. The summed E-state index contributed by atoms with van der Waals surface area (Å²) in [6.45, 7) is 0.893. The van der Waals surface area contributed by atoms with Gasteiger partial charge in [0, 0.05) is 23.8 Å². The van der Waals surface area contributed by atoms with Gasteiger partial charge in [-0.2, -0.15) is 0 Å². The zero-order chi connectivity index (χ0) is 12.4. The lowest BCUT2D eigenvalue weighted by molar-refractivity contribution is -0.109. The summed E-state index contributed by atoms with van der Waals surface area (Å²) in [5, 5.41) is 0. The minimum Gasteiger partial charge on any atom is -0.341 e. The van der Waals surface area contributed by atoms with E-state index in [1.165, 1.54) is 5.69 Å². The summed E-state index contributed by atoms with van der Waals surface area (Å²) in [6.07, 6.45) is 1.95. The van der Waals surface area contributed by atoms with Gasteiger partial charge in [0.1, 0.15) is 6.29 Å². The Morgan fingerprint density at radius 2 is 1.72 bits per heavy atom. The molecular weight excluding hydrogens is 222 g/mol. The number of hydrogen-bond donors (Lipinski definition) is 0. The van der Waals surface area contributed by atoms with Gasteiger partial charge >= 0.3 is 0 Å². The molecule has 0 saturated carbocycles.